The number of nitrogens with zero attached hydrogens (tertiary/aromatic N) is 6. The standard InChI is InChI=1S/C33H33N2.C16H12N2O.C12H7N2S.C5H8O2.3Ir/c1-3-12-23(13-4-1)25-19-11-20-26(24-14-5-2-6-15-24)32(25)31-22-34-33-29-18-8-7-16-27(29)28-17-9-10-21-30(28)35(31)33;1-17-9-10-18(11-17)14-7-4-6-13-12-5-2-3-8-15(12)19-16(13)14;1-2-4-9(5-3-1)11-10-6-7-15-12(10)14-8-13-11;1-4(6)3-5(2)7;;;/h7-11,16-17,19-24H,1-6,12-15H2;2-6,8-11H,1H3;1-4,6-8H;3,6H,1-2H3;;;/q-1;-2;-1;;;;. The van der Waals surface area contributed by atoms with E-state index >= 15 is 0 Å². The smallest absolute Gasteiger partial charge is 0.155 e. The van der Waals surface area contributed by atoms with Crippen molar-refractivity contribution < 1.29 is 74.6 Å². The number of anilines is 1. The van der Waals surface area contributed by atoms with Crippen molar-refractivity contribution in [3.05, 3.63) is 206 Å². The molecular formula is C66H60Ir3N6O3S-4. The maximum atomic E-state index is 10.0. The van der Waals surface area contributed by atoms with Gasteiger partial charge in [-0.05, 0) is 122 Å². The molecule has 2 fully saturated rings. The van der Waals surface area contributed by atoms with E-state index in [9.17, 15) is 4.79 Å². The number of hydrogen-bond donors (Lipinski definition) is 1. The van der Waals surface area contributed by atoms with Crippen LogP contribution in [-0.2, 0) is 65.1 Å². The summed E-state index contributed by atoms with van der Waals surface area (Å²) in [5, 5.41) is 17.4. The maximum absolute atomic E-state index is 10.0. The molecule has 13 heteroatoms. The van der Waals surface area contributed by atoms with Crippen molar-refractivity contribution in [3.63, 3.8) is 0 Å². The summed E-state index contributed by atoms with van der Waals surface area (Å²) < 4.78 is 8.43. The predicted molar refractivity (Wildman–Crippen MR) is 311 cm³/mol. The van der Waals surface area contributed by atoms with Crippen LogP contribution in [0.3, 0.4) is 0 Å². The van der Waals surface area contributed by atoms with Gasteiger partial charge in [0.2, 0.25) is 0 Å². The Hall–Kier alpha value is -6.13. The number of imidazole rings is 1. The number of rotatable bonds is 6. The third-order valence-corrected chi connectivity index (χ3v) is 15.6. The normalized spacial score (nSPS) is 14.6. The van der Waals surface area contributed by atoms with Crippen LogP contribution in [0.25, 0.3) is 82.0 Å². The summed E-state index contributed by atoms with van der Waals surface area (Å²) in [5.74, 6) is 1.25. The Balaban J connectivity index is 0.000000157. The van der Waals surface area contributed by atoms with Crippen LogP contribution in [0, 0.1) is 24.9 Å². The van der Waals surface area contributed by atoms with Crippen LogP contribution >= 0.6 is 11.3 Å². The number of aromatic nitrogens is 4. The first-order valence-electron chi connectivity index (χ1n) is 26.5. The van der Waals surface area contributed by atoms with Crippen LogP contribution in [0.1, 0.15) is 101 Å². The van der Waals surface area contributed by atoms with Crippen LogP contribution in [0.15, 0.2) is 174 Å². The monoisotopic (exact) mass is 1600 g/mol. The van der Waals surface area contributed by atoms with Crippen LogP contribution in [0.2, 0.25) is 0 Å². The number of carbonyl (C=O) groups excluding carboxylic acids is 1. The molecule has 6 aromatic carbocycles. The number of furan rings is 1. The first-order chi connectivity index (χ1) is 37.3. The van der Waals surface area contributed by atoms with E-state index in [4.69, 9.17) is 14.5 Å². The van der Waals surface area contributed by atoms with E-state index < -0.39 is 0 Å². The Morgan fingerprint density at radius 1 is 0.684 bits per heavy atom. The van der Waals surface area contributed by atoms with Crippen LogP contribution in [-0.4, -0.2) is 42.2 Å². The fourth-order valence-corrected chi connectivity index (χ4v) is 12.1. The molecule has 11 aromatic rings. The minimum Gasteiger partial charge on any atom is -0.514 e. The molecule has 0 amide bonds. The van der Waals surface area contributed by atoms with Gasteiger partial charge in [-0.15, -0.1) is 76.9 Å². The molecule has 3 aliphatic rings. The minimum atomic E-state index is -0.125. The molecule has 0 saturated heterocycles. The number of para-hydroxylation sites is 2. The molecule has 1 N–H and O–H groups in total. The molecule has 2 saturated carbocycles. The molecule has 6 heterocycles. The van der Waals surface area contributed by atoms with Crippen molar-refractivity contribution in [2.75, 3.05) is 11.9 Å². The third kappa shape index (κ3) is 12.9. The molecule has 0 atom stereocenters. The Morgan fingerprint density at radius 2 is 1.37 bits per heavy atom. The van der Waals surface area contributed by atoms with E-state index in [0.29, 0.717) is 11.8 Å². The van der Waals surface area contributed by atoms with E-state index in [0.717, 1.165) is 60.1 Å². The van der Waals surface area contributed by atoms with Crippen molar-refractivity contribution in [2.45, 2.75) is 89.9 Å². The summed E-state index contributed by atoms with van der Waals surface area (Å²) in [6.07, 6.45) is 22.4. The fraction of sp³-hybridized carbons (Fsp3) is 0.227. The van der Waals surface area contributed by atoms with E-state index in [1.807, 2.05) is 102 Å². The molecule has 2 aliphatic carbocycles. The zero-order chi connectivity index (χ0) is 52.0. The number of pyridine rings is 1. The third-order valence-electron chi connectivity index (χ3n) is 14.7. The molecule has 0 spiro atoms. The topological polar surface area (TPSA) is 100 Å². The number of benzene rings is 6. The molecule has 79 heavy (non-hydrogen) atoms. The van der Waals surface area contributed by atoms with Crippen molar-refractivity contribution >= 4 is 82.3 Å². The molecule has 14 rings (SSSR count). The van der Waals surface area contributed by atoms with Gasteiger partial charge in [-0.3, -0.25) is 14.8 Å². The molecule has 0 unspecified atom stereocenters. The number of ketones is 1. The van der Waals surface area contributed by atoms with E-state index in [-0.39, 0.29) is 71.9 Å². The molecule has 0 bridgehead atoms. The van der Waals surface area contributed by atoms with Gasteiger partial charge in [0.25, 0.3) is 0 Å². The molecule has 1 aliphatic heterocycles. The number of aliphatic hydroxyl groups is 1. The summed E-state index contributed by atoms with van der Waals surface area (Å²) >= 11 is 1.63. The maximum Gasteiger partial charge on any atom is 0.155 e. The zero-order valence-corrected chi connectivity index (χ0v) is 52.2. The van der Waals surface area contributed by atoms with Gasteiger partial charge in [-0.25, -0.2) is 4.98 Å². The second-order valence-corrected chi connectivity index (χ2v) is 20.8. The summed E-state index contributed by atoms with van der Waals surface area (Å²) in [6.45, 7) is 4.85. The molecular weight excluding hydrogens is 1530 g/mol. The van der Waals surface area contributed by atoms with Gasteiger partial charge in [0.05, 0.1) is 17.1 Å². The van der Waals surface area contributed by atoms with Crippen molar-refractivity contribution in [3.8, 4) is 22.5 Å². The Kier molecular flexibility index (Phi) is 20.4. The van der Waals surface area contributed by atoms with E-state index in [1.165, 1.54) is 112 Å². The Bertz CT molecular complexity index is 3860. The fourth-order valence-electron chi connectivity index (χ4n) is 11.4. The van der Waals surface area contributed by atoms with Gasteiger partial charge in [0.1, 0.15) is 16.7 Å². The molecule has 3 radical (unpaired) electrons. The van der Waals surface area contributed by atoms with Crippen LogP contribution < -0.4 is 4.90 Å². The number of hydrogen-bond acceptors (Lipinski definition) is 9. The number of thiophene rings is 1. The molecule has 9 nitrogen and oxygen atoms in total. The summed E-state index contributed by atoms with van der Waals surface area (Å²) in [6, 6.07) is 54.4. The van der Waals surface area contributed by atoms with Crippen LogP contribution in [0.4, 0.5) is 5.69 Å². The zero-order valence-electron chi connectivity index (χ0n) is 44.2. The number of aliphatic hydroxyl groups excluding tert-OH is 1. The van der Waals surface area contributed by atoms with Gasteiger partial charge in [0, 0.05) is 94.6 Å². The van der Waals surface area contributed by atoms with E-state index in [2.05, 4.69) is 105 Å². The average molecular weight is 1590 g/mol. The molecule has 409 valence electrons. The van der Waals surface area contributed by atoms with Gasteiger partial charge in [-0.1, -0.05) is 110 Å². The Morgan fingerprint density at radius 3 is 2.04 bits per heavy atom. The predicted octanol–water partition coefficient (Wildman–Crippen LogP) is 17.1. The Labute approximate surface area is 506 Å². The number of carbonyl (C=O) groups is 1. The quantitative estimate of drug-likeness (QED) is 0.0761. The number of allylic oxidation sites excluding steroid dienone is 2. The van der Waals surface area contributed by atoms with Crippen LogP contribution in [0.5, 0.6) is 0 Å². The second-order valence-electron chi connectivity index (χ2n) is 19.9. The first kappa shape index (κ1) is 59.0. The average Bonchev–Trinajstić information content (AvgIpc) is 4.42. The first-order valence-corrected chi connectivity index (χ1v) is 27.4. The van der Waals surface area contributed by atoms with Gasteiger partial charge < -0.3 is 23.7 Å². The van der Waals surface area contributed by atoms with Gasteiger partial charge in [0.15, 0.2) is 5.78 Å². The van der Waals surface area contributed by atoms with Gasteiger partial charge >= 0.3 is 0 Å². The summed E-state index contributed by atoms with van der Waals surface area (Å²) in [4.78, 5) is 28.7. The van der Waals surface area contributed by atoms with Gasteiger partial charge in [-0.2, -0.15) is 24.9 Å². The summed E-state index contributed by atoms with van der Waals surface area (Å²) in [5.41, 5.74) is 12.9. The van der Waals surface area contributed by atoms with Crippen molar-refractivity contribution in [1.82, 2.24) is 24.3 Å². The van der Waals surface area contributed by atoms with Crippen molar-refractivity contribution in [1.29, 1.82) is 0 Å². The minimum absolute atomic E-state index is 0. The molecule has 5 aromatic heterocycles. The largest absolute Gasteiger partial charge is 0.514 e. The van der Waals surface area contributed by atoms with Crippen molar-refractivity contribution in [2.24, 2.45) is 0 Å². The van der Waals surface area contributed by atoms with E-state index in [1.54, 1.807) is 28.8 Å². The summed E-state index contributed by atoms with van der Waals surface area (Å²) in [7, 11) is 2.00. The second kappa shape index (κ2) is 27.4. The number of fused-ring (bicyclic) bond motifs is 10. The SMILES string of the molecule is CC(=O)C=C(C)O.CN1C=CN(c2[c-]ccc3c2oc2ccccc23)[CH-]1.[Ir].[Ir].[Ir].[c-]1cccc2c1c1ncc(-c3c(C4CCCCC4)cccc3C3CCCCC3)n1c1ccccc21.[c-]1ccccc1-c1ncnc2sccc12.